The summed E-state index contributed by atoms with van der Waals surface area (Å²) in [7, 11) is 1.50. The zero-order valence-corrected chi connectivity index (χ0v) is 16.0. The number of anilines is 1. The summed E-state index contributed by atoms with van der Waals surface area (Å²) in [6.07, 6.45) is -4.48. The lowest BCUT2D eigenvalue weighted by Crippen LogP contribution is -2.10. The van der Waals surface area contributed by atoms with Crippen LogP contribution >= 0.6 is 11.6 Å². The Bertz CT molecular complexity index is 963. The SMILES string of the molecule is COCCOc1ccc(C(F)(F)F)cc1NCc1nnc(-c2ccccc2Cl)o1. The van der Waals surface area contributed by atoms with Gasteiger partial charge in [0.05, 0.1) is 35.0 Å². The van der Waals surface area contributed by atoms with Gasteiger partial charge in [-0.3, -0.25) is 0 Å². The Balaban J connectivity index is 1.77. The largest absolute Gasteiger partial charge is 0.489 e. The number of ether oxygens (including phenoxy) is 2. The summed E-state index contributed by atoms with van der Waals surface area (Å²) in [6.45, 7) is 0.485. The molecule has 0 saturated heterocycles. The van der Waals surface area contributed by atoms with Crippen LogP contribution in [-0.2, 0) is 17.5 Å². The molecule has 0 saturated carbocycles. The second kappa shape index (κ2) is 9.15. The molecule has 0 radical (unpaired) electrons. The van der Waals surface area contributed by atoms with Crippen molar-refractivity contribution in [2.45, 2.75) is 12.7 Å². The summed E-state index contributed by atoms with van der Waals surface area (Å²) < 4.78 is 55.1. The van der Waals surface area contributed by atoms with Crippen molar-refractivity contribution in [2.75, 3.05) is 25.6 Å². The van der Waals surface area contributed by atoms with Crippen LogP contribution in [0.1, 0.15) is 11.5 Å². The second-order valence-electron chi connectivity index (χ2n) is 5.88. The number of hydrogen-bond donors (Lipinski definition) is 1. The van der Waals surface area contributed by atoms with Gasteiger partial charge in [-0.15, -0.1) is 10.2 Å². The summed E-state index contributed by atoms with van der Waals surface area (Å²) in [5.74, 6) is 0.647. The van der Waals surface area contributed by atoms with Gasteiger partial charge in [0, 0.05) is 7.11 Å². The standard InChI is InChI=1S/C19H17ClF3N3O3/c1-27-8-9-28-16-7-6-12(19(21,22)23)10-15(16)24-11-17-25-26-18(29-17)13-4-2-3-5-14(13)20/h2-7,10,24H,8-9,11H2,1H3. The number of nitrogens with zero attached hydrogens (tertiary/aromatic N) is 2. The third-order valence-corrected chi connectivity index (χ3v) is 4.18. The molecule has 1 N–H and O–H groups in total. The van der Waals surface area contributed by atoms with Gasteiger partial charge in [0.1, 0.15) is 12.4 Å². The molecule has 3 aromatic rings. The van der Waals surface area contributed by atoms with Crippen molar-refractivity contribution in [2.24, 2.45) is 0 Å². The van der Waals surface area contributed by atoms with E-state index >= 15 is 0 Å². The molecule has 0 atom stereocenters. The lowest BCUT2D eigenvalue weighted by atomic mass is 10.1. The number of methoxy groups -OCH3 is 1. The average Bonchev–Trinajstić information content (AvgIpc) is 3.15. The first-order chi connectivity index (χ1) is 13.9. The molecule has 10 heteroatoms. The lowest BCUT2D eigenvalue weighted by molar-refractivity contribution is -0.137. The van der Waals surface area contributed by atoms with Gasteiger partial charge in [0.25, 0.3) is 0 Å². The predicted octanol–water partition coefficient (Wildman–Crippen LogP) is 5.05. The third-order valence-electron chi connectivity index (χ3n) is 3.85. The minimum Gasteiger partial charge on any atom is -0.489 e. The van der Waals surface area contributed by atoms with Gasteiger partial charge >= 0.3 is 6.18 Å². The average molecular weight is 428 g/mol. The molecule has 1 aromatic heterocycles. The Morgan fingerprint density at radius 2 is 1.90 bits per heavy atom. The van der Waals surface area contributed by atoms with Gasteiger partial charge < -0.3 is 19.2 Å². The molecule has 0 bridgehead atoms. The highest BCUT2D eigenvalue weighted by atomic mass is 35.5. The Morgan fingerprint density at radius 3 is 2.62 bits per heavy atom. The monoisotopic (exact) mass is 427 g/mol. The number of hydrogen-bond acceptors (Lipinski definition) is 6. The van der Waals surface area contributed by atoms with Crippen LogP contribution in [0.2, 0.25) is 5.02 Å². The zero-order valence-electron chi connectivity index (χ0n) is 15.3. The molecule has 6 nitrogen and oxygen atoms in total. The molecule has 154 valence electrons. The van der Waals surface area contributed by atoms with E-state index in [0.717, 1.165) is 12.1 Å². The molecular formula is C19H17ClF3N3O3. The van der Waals surface area contributed by atoms with Crippen molar-refractivity contribution in [1.82, 2.24) is 10.2 Å². The molecule has 0 spiro atoms. The normalized spacial score (nSPS) is 11.5. The van der Waals surface area contributed by atoms with E-state index in [-0.39, 0.29) is 36.4 Å². The first-order valence-electron chi connectivity index (χ1n) is 8.52. The van der Waals surface area contributed by atoms with Crippen LogP contribution in [0.4, 0.5) is 18.9 Å². The zero-order chi connectivity index (χ0) is 20.9. The number of halogens is 4. The maximum absolute atomic E-state index is 13.1. The Labute approximate surface area is 169 Å². The number of aromatic nitrogens is 2. The maximum atomic E-state index is 13.1. The summed E-state index contributed by atoms with van der Waals surface area (Å²) in [4.78, 5) is 0. The molecule has 1 heterocycles. The van der Waals surface area contributed by atoms with Gasteiger partial charge in [0.2, 0.25) is 11.8 Å². The van der Waals surface area contributed by atoms with E-state index in [2.05, 4.69) is 15.5 Å². The van der Waals surface area contributed by atoms with E-state index in [1.165, 1.54) is 13.2 Å². The smallest absolute Gasteiger partial charge is 0.416 e. The van der Waals surface area contributed by atoms with Crippen LogP contribution in [-0.4, -0.2) is 30.5 Å². The number of rotatable bonds is 8. The van der Waals surface area contributed by atoms with Crippen LogP contribution < -0.4 is 10.1 Å². The maximum Gasteiger partial charge on any atom is 0.416 e. The molecule has 0 unspecified atom stereocenters. The van der Waals surface area contributed by atoms with Crippen molar-refractivity contribution < 1.29 is 27.1 Å². The first kappa shape index (κ1) is 20.9. The van der Waals surface area contributed by atoms with Crippen molar-refractivity contribution in [3.05, 3.63) is 58.9 Å². The van der Waals surface area contributed by atoms with E-state index in [1.54, 1.807) is 24.3 Å². The Morgan fingerprint density at radius 1 is 1.10 bits per heavy atom. The van der Waals surface area contributed by atoms with E-state index in [1.807, 2.05) is 0 Å². The van der Waals surface area contributed by atoms with E-state index < -0.39 is 11.7 Å². The van der Waals surface area contributed by atoms with Crippen LogP contribution in [0, 0.1) is 0 Å². The van der Waals surface area contributed by atoms with Gasteiger partial charge in [-0.05, 0) is 30.3 Å². The lowest BCUT2D eigenvalue weighted by Gasteiger charge is -2.15. The number of benzene rings is 2. The molecule has 0 aliphatic rings. The van der Waals surface area contributed by atoms with E-state index in [4.69, 9.17) is 25.5 Å². The van der Waals surface area contributed by atoms with Crippen molar-refractivity contribution >= 4 is 17.3 Å². The summed E-state index contributed by atoms with van der Waals surface area (Å²) in [6, 6.07) is 10.1. The minimum absolute atomic E-state index is 0.000594. The fraction of sp³-hybridized carbons (Fsp3) is 0.263. The quantitative estimate of drug-likeness (QED) is 0.507. The van der Waals surface area contributed by atoms with Crippen LogP contribution in [0.25, 0.3) is 11.5 Å². The van der Waals surface area contributed by atoms with E-state index in [9.17, 15) is 13.2 Å². The molecule has 0 aliphatic heterocycles. The highest BCUT2D eigenvalue weighted by Gasteiger charge is 2.31. The van der Waals surface area contributed by atoms with Gasteiger partial charge in [-0.2, -0.15) is 13.2 Å². The molecule has 3 rings (SSSR count). The fourth-order valence-corrected chi connectivity index (χ4v) is 2.66. The summed E-state index contributed by atoms with van der Waals surface area (Å²) in [5.41, 5.74) is -0.0922. The third kappa shape index (κ3) is 5.39. The molecule has 0 aliphatic carbocycles. The molecule has 29 heavy (non-hydrogen) atoms. The molecular weight excluding hydrogens is 411 g/mol. The highest BCUT2D eigenvalue weighted by Crippen LogP contribution is 2.35. The van der Waals surface area contributed by atoms with Crippen LogP contribution in [0.15, 0.2) is 46.9 Å². The second-order valence-corrected chi connectivity index (χ2v) is 6.29. The van der Waals surface area contributed by atoms with Crippen LogP contribution in [0.5, 0.6) is 5.75 Å². The predicted molar refractivity (Wildman–Crippen MR) is 101 cm³/mol. The minimum atomic E-state index is -4.48. The molecule has 0 amide bonds. The molecule has 0 fully saturated rings. The van der Waals surface area contributed by atoms with Crippen molar-refractivity contribution in [1.29, 1.82) is 0 Å². The Hall–Kier alpha value is -2.78. The van der Waals surface area contributed by atoms with Crippen molar-refractivity contribution in [3.63, 3.8) is 0 Å². The van der Waals surface area contributed by atoms with Gasteiger partial charge in [0.15, 0.2) is 0 Å². The van der Waals surface area contributed by atoms with Gasteiger partial charge in [-0.1, -0.05) is 23.7 Å². The van der Waals surface area contributed by atoms with Gasteiger partial charge in [-0.25, -0.2) is 0 Å². The topological polar surface area (TPSA) is 69.4 Å². The van der Waals surface area contributed by atoms with Crippen LogP contribution in [0.3, 0.4) is 0 Å². The van der Waals surface area contributed by atoms with Crippen molar-refractivity contribution in [3.8, 4) is 17.2 Å². The number of alkyl halides is 3. The van der Waals surface area contributed by atoms with E-state index in [0.29, 0.717) is 17.2 Å². The highest BCUT2D eigenvalue weighted by molar-refractivity contribution is 6.33. The summed E-state index contributed by atoms with van der Waals surface area (Å²) in [5, 5.41) is 11.1. The fourth-order valence-electron chi connectivity index (χ4n) is 2.44. The molecule has 2 aromatic carbocycles. The Kier molecular flexibility index (Phi) is 6.60. The first-order valence-corrected chi connectivity index (χ1v) is 8.90. The summed E-state index contributed by atoms with van der Waals surface area (Å²) >= 11 is 6.11. The number of nitrogens with one attached hydrogen (secondary N) is 1.